The van der Waals surface area contributed by atoms with E-state index in [1.165, 1.54) is 12.8 Å². The number of aliphatic carboxylic acids is 1. The zero-order chi connectivity index (χ0) is 30.9. The van der Waals surface area contributed by atoms with E-state index in [1.54, 1.807) is 0 Å². The molecule has 6 nitrogen and oxygen atoms in total. The first-order chi connectivity index (χ1) is 19.6. The molecule has 1 N–H and O–H groups in total. The minimum absolute atomic E-state index is 0.0108. The van der Waals surface area contributed by atoms with Crippen molar-refractivity contribution >= 4 is 17.9 Å². The Balaban J connectivity index is 1.46. The van der Waals surface area contributed by atoms with Gasteiger partial charge in [0.15, 0.2) is 6.61 Å². The Hall–Kier alpha value is -1.59. The van der Waals surface area contributed by atoms with Crippen LogP contribution < -0.4 is 0 Å². The molecule has 0 bridgehead atoms. The first-order valence-electron chi connectivity index (χ1n) is 17.2. The zero-order valence-corrected chi connectivity index (χ0v) is 27.7. The fraction of sp³-hybridized carbons (Fsp3) is 0.917. The van der Waals surface area contributed by atoms with Crippen LogP contribution in [-0.2, 0) is 23.9 Å². The van der Waals surface area contributed by atoms with Crippen molar-refractivity contribution in [3.8, 4) is 0 Å². The van der Waals surface area contributed by atoms with Gasteiger partial charge in [0, 0.05) is 11.8 Å². The molecule has 5 saturated carbocycles. The Morgan fingerprint density at radius 3 is 2.19 bits per heavy atom. The van der Waals surface area contributed by atoms with Gasteiger partial charge in [0.05, 0.1) is 5.41 Å². The Bertz CT molecular complexity index is 1080. The largest absolute Gasteiger partial charge is 0.479 e. The van der Waals surface area contributed by atoms with E-state index in [2.05, 4.69) is 48.5 Å². The van der Waals surface area contributed by atoms with Crippen molar-refractivity contribution in [2.24, 2.45) is 62.6 Å². The molecule has 5 aliphatic carbocycles. The third-order valence-electron chi connectivity index (χ3n) is 14.7. The highest BCUT2D eigenvalue weighted by molar-refractivity contribution is 5.81. The summed E-state index contributed by atoms with van der Waals surface area (Å²) in [6.45, 7) is 18.6. The molecule has 5 fully saturated rings. The summed E-state index contributed by atoms with van der Waals surface area (Å²) in [4.78, 5) is 37.6. The highest BCUT2D eigenvalue weighted by atomic mass is 16.6. The smallest absolute Gasteiger partial charge is 0.341 e. The fourth-order valence-electron chi connectivity index (χ4n) is 12.6. The van der Waals surface area contributed by atoms with E-state index < -0.39 is 18.0 Å². The standard InChI is InChI=1S/C36H58O6/c1-9-10-29(39)42-27-15-16-33(6)25(32(27,4)5)14-17-35(8)26(33)12-11-24-30-23(22(2)3)13-18-36(30,20-19-34(24,35)7)31(40)41-21-28(37)38/h22-27,30H,9-21H2,1-8H3,(H,37,38)/t23-,24?,25-,26+,27+,30-,33-,34+,35+,36-/m0/s1. The van der Waals surface area contributed by atoms with Gasteiger partial charge in [-0.3, -0.25) is 9.59 Å². The molecule has 0 heterocycles. The summed E-state index contributed by atoms with van der Waals surface area (Å²) in [5.41, 5.74) is -0.109. The van der Waals surface area contributed by atoms with Crippen molar-refractivity contribution in [1.82, 2.24) is 0 Å². The first-order valence-corrected chi connectivity index (χ1v) is 17.2. The maximum atomic E-state index is 13.8. The highest BCUT2D eigenvalue weighted by Gasteiger charge is 2.72. The molecule has 42 heavy (non-hydrogen) atoms. The first kappa shape index (κ1) is 31.8. The zero-order valence-electron chi connectivity index (χ0n) is 27.7. The van der Waals surface area contributed by atoms with Gasteiger partial charge in [-0.25, -0.2) is 4.79 Å². The predicted octanol–water partition coefficient (Wildman–Crippen LogP) is 8.06. The van der Waals surface area contributed by atoms with Gasteiger partial charge < -0.3 is 14.6 Å². The molecule has 5 aliphatic rings. The quantitative estimate of drug-likeness (QED) is 0.304. The van der Waals surface area contributed by atoms with Crippen LogP contribution in [0.5, 0.6) is 0 Å². The number of carbonyl (C=O) groups is 3. The van der Waals surface area contributed by atoms with Crippen molar-refractivity contribution in [3.05, 3.63) is 0 Å². The van der Waals surface area contributed by atoms with Crippen LogP contribution in [0.2, 0.25) is 0 Å². The molecule has 0 aliphatic heterocycles. The minimum atomic E-state index is -1.08. The van der Waals surface area contributed by atoms with Crippen LogP contribution in [0.1, 0.15) is 132 Å². The molecule has 1 unspecified atom stereocenters. The summed E-state index contributed by atoms with van der Waals surface area (Å²) in [7, 11) is 0. The van der Waals surface area contributed by atoms with E-state index in [4.69, 9.17) is 9.47 Å². The molecular formula is C36H58O6. The fourth-order valence-corrected chi connectivity index (χ4v) is 12.6. The van der Waals surface area contributed by atoms with Crippen LogP contribution in [0.25, 0.3) is 0 Å². The summed E-state index contributed by atoms with van der Waals surface area (Å²) in [6, 6.07) is 0. The minimum Gasteiger partial charge on any atom is -0.479 e. The van der Waals surface area contributed by atoms with Crippen LogP contribution in [0.15, 0.2) is 0 Å². The van der Waals surface area contributed by atoms with Gasteiger partial charge in [-0.1, -0.05) is 55.4 Å². The maximum absolute atomic E-state index is 13.8. The monoisotopic (exact) mass is 586 g/mol. The van der Waals surface area contributed by atoms with Gasteiger partial charge in [-0.15, -0.1) is 0 Å². The lowest BCUT2D eigenvalue weighted by atomic mass is 9.32. The molecule has 0 spiro atoms. The summed E-state index contributed by atoms with van der Waals surface area (Å²) in [5.74, 6) is 1.39. The van der Waals surface area contributed by atoms with E-state index in [1.807, 2.05) is 6.92 Å². The number of carboxylic acid groups (broad SMARTS) is 1. The normalized spacial score (nSPS) is 45.6. The number of carboxylic acids is 1. The second kappa shape index (κ2) is 10.8. The topological polar surface area (TPSA) is 89.9 Å². The van der Waals surface area contributed by atoms with E-state index in [0.717, 1.165) is 57.8 Å². The third kappa shape index (κ3) is 4.49. The van der Waals surface area contributed by atoms with E-state index in [9.17, 15) is 19.5 Å². The maximum Gasteiger partial charge on any atom is 0.341 e. The molecule has 0 aromatic heterocycles. The number of fused-ring (bicyclic) bond motifs is 7. The average molecular weight is 587 g/mol. The van der Waals surface area contributed by atoms with Crippen LogP contribution in [0.4, 0.5) is 0 Å². The van der Waals surface area contributed by atoms with Gasteiger partial charge in [0.2, 0.25) is 0 Å². The molecule has 0 radical (unpaired) electrons. The second-order valence-corrected chi connectivity index (χ2v) is 16.9. The number of hydrogen-bond acceptors (Lipinski definition) is 5. The molecule has 0 aromatic rings. The summed E-state index contributed by atoms with van der Waals surface area (Å²) in [6.07, 6.45) is 11.7. The van der Waals surface area contributed by atoms with Crippen molar-refractivity contribution in [1.29, 1.82) is 0 Å². The summed E-state index contributed by atoms with van der Waals surface area (Å²) < 4.78 is 11.6. The Kier molecular flexibility index (Phi) is 8.17. The number of carbonyl (C=O) groups excluding carboxylic acids is 2. The SMILES string of the molecule is CCCC(=O)O[C@@H]1CC[C@]2(C)[C@H]3CCC4[C@@H]5[C@H](C(C)C)CC[C@]5(C(=O)OCC(=O)O)CC[C@@]4(C)[C@]3(C)CC[C@H]2C1(C)C. The van der Waals surface area contributed by atoms with Gasteiger partial charge in [-0.2, -0.15) is 0 Å². The molecule has 5 rings (SSSR count). The highest BCUT2D eigenvalue weighted by Crippen LogP contribution is 2.77. The van der Waals surface area contributed by atoms with E-state index >= 15 is 0 Å². The summed E-state index contributed by atoms with van der Waals surface area (Å²) in [5, 5.41) is 9.27. The molecule has 0 saturated heterocycles. The molecule has 6 heteroatoms. The van der Waals surface area contributed by atoms with Crippen LogP contribution >= 0.6 is 0 Å². The van der Waals surface area contributed by atoms with Crippen LogP contribution in [0, 0.1) is 62.6 Å². The van der Waals surface area contributed by atoms with Crippen molar-refractivity contribution < 1.29 is 29.0 Å². The van der Waals surface area contributed by atoms with Crippen molar-refractivity contribution in [2.75, 3.05) is 6.61 Å². The number of hydrogen-bond donors (Lipinski definition) is 1. The Labute approximate surface area is 254 Å². The lowest BCUT2D eigenvalue weighted by Crippen LogP contribution is -2.67. The number of ether oxygens (including phenoxy) is 2. The number of rotatable bonds is 7. The van der Waals surface area contributed by atoms with Gasteiger partial charge in [0.25, 0.3) is 0 Å². The van der Waals surface area contributed by atoms with Crippen LogP contribution in [-0.4, -0.2) is 35.7 Å². The third-order valence-corrected chi connectivity index (χ3v) is 14.7. The van der Waals surface area contributed by atoms with Gasteiger partial charge >= 0.3 is 17.9 Å². The van der Waals surface area contributed by atoms with E-state index in [0.29, 0.717) is 36.0 Å². The van der Waals surface area contributed by atoms with Crippen molar-refractivity contribution in [3.63, 3.8) is 0 Å². The molecular weight excluding hydrogens is 528 g/mol. The Morgan fingerprint density at radius 2 is 1.55 bits per heavy atom. The molecule has 238 valence electrons. The Morgan fingerprint density at radius 1 is 0.833 bits per heavy atom. The second-order valence-electron chi connectivity index (χ2n) is 16.9. The van der Waals surface area contributed by atoms with Crippen molar-refractivity contribution in [2.45, 2.75) is 139 Å². The number of esters is 2. The predicted molar refractivity (Wildman–Crippen MR) is 162 cm³/mol. The molecule has 10 atom stereocenters. The average Bonchev–Trinajstić information content (AvgIpc) is 3.31. The van der Waals surface area contributed by atoms with E-state index in [-0.39, 0.29) is 45.6 Å². The molecule has 0 amide bonds. The van der Waals surface area contributed by atoms with Gasteiger partial charge in [-0.05, 0) is 122 Å². The van der Waals surface area contributed by atoms with Crippen LogP contribution in [0.3, 0.4) is 0 Å². The lowest BCUT2D eigenvalue weighted by molar-refractivity contribution is -0.252. The molecule has 0 aromatic carbocycles. The lowest BCUT2D eigenvalue weighted by Gasteiger charge is -2.72. The van der Waals surface area contributed by atoms with Gasteiger partial charge in [0.1, 0.15) is 6.10 Å². The summed E-state index contributed by atoms with van der Waals surface area (Å²) >= 11 is 0.